The second kappa shape index (κ2) is 9.81. The molecule has 0 aliphatic carbocycles. The summed E-state index contributed by atoms with van der Waals surface area (Å²) in [6.07, 6.45) is 5.02. The Morgan fingerprint density at radius 3 is 2.65 bits per heavy atom. The van der Waals surface area contributed by atoms with Gasteiger partial charge in [-0.25, -0.2) is 24.4 Å². The van der Waals surface area contributed by atoms with Gasteiger partial charge >= 0.3 is 0 Å². The van der Waals surface area contributed by atoms with Gasteiger partial charge in [0.05, 0.1) is 5.02 Å². The van der Waals surface area contributed by atoms with Crippen LogP contribution in [0.3, 0.4) is 0 Å². The lowest BCUT2D eigenvalue weighted by atomic mass is 10.2. The molecule has 0 radical (unpaired) electrons. The van der Waals surface area contributed by atoms with Crippen LogP contribution in [-0.4, -0.2) is 35.6 Å². The highest BCUT2D eigenvalue weighted by Crippen LogP contribution is 2.37. The molecule has 0 fully saturated rings. The molecule has 0 atom stereocenters. The van der Waals surface area contributed by atoms with Crippen LogP contribution in [0.5, 0.6) is 11.5 Å². The van der Waals surface area contributed by atoms with Gasteiger partial charge in [0.15, 0.2) is 17.4 Å². The van der Waals surface area contributed by atoms with Crippen molar-refractivity contribution in [2.45, 2.75) is 9.92 Å². The Morgan fingerprint density at radius 1 is 0.971 bits per heavy atom. The lowest BCUT2D eigenvalue weighted by molar-refractivity contribution is 0.479. The number of halogens is 2. The number of tetrazole rings is 1. The summed E-state index contributed by atoms with van der Waals surface area (Å²) in [6, 6.07) is 14.9. The lowest BCUT2D eigenvalue weighted by Gasteiger charge is -2.14. The molecule has 0 saturated heterocycles. The van der Waals surface area contributed by atoms with E-state index in [1.54, 1.807) is 36.8 Å². The Morgan fingerprint density at radius 2 is 1.91 bits per heavy atom. The molecule has 4 heterocycles. The molecule has 0 aliphatic rings. The summed E-state index contributed by atoms with van der Waals surface area (Å²) in [5.74, 6) is 1.62. The summed E-state index contributed by atoms with van der Waals surface area (Å²) >= 11 is 7.60. The monoisotopic (exact) mass is 492 g/mol. The number of hydrogen-bond acceptors (Lipinski definition) is 9. The molecule has 5 aromatic rings. The zero-order chi connectivity index (χ0) is 23.3. The van der Waals surface area contributed by atoms with Crippen LogP contribution in [0.2, 0.25) is 5.02 Å². The van der Waals surface area contributed by atoms with Crippen LogP contribution in [-0.2, 0) is 0 Å². The van der Waals surface area contributed by atoms with Crippen LogP contribution in [0.4, 0.5) is 16.0 Å². The first-order valence-electron chi connectivity index (χ1n) is 9.83. The van der Waals surface area contributed by atoms with E-state index < -0.39 is 5.82 Å². The van der Waals surface area contributed by atoms with Crippen LogP contribution < -0.4 is 10.1 Å². The number of rotatable bonds is 7. The molecule has 34 heavy (non-hydrogen) atoms. The van der Waals surface area contributed by atoms with Gasteiger partial charge in [0, 0.05) is 35.1 Å². The first-order chi connectivity index (χ1) is 16.6. The van der Waals surface area contributed by atoms with Gasteiger partial charge in [-0.2, -0.15) is 0 Å². The number of nitrogens with zero attached hydrogens (tertiary/aromatic N) is 6. The topological polar surface area (TPSA) is 114 Å². The Bertz CT molecular complexity index is 1400. The Balaban J connectivity index is 1.45. The SMILES string of the molecule is Fc1ccc(Oc2cc(Sc3ccccn3)cnc2Nc2ccc(-c3nnn[nH]3)cn2)c(Cl)c1. The van der Waals surface area contributed by atoms with E-state index in [1.807, 2.05) is 18.2 Å². The third-order valence-electron chi connectivity index (χ3n) is 4.43. The summed E-state index contributed by atoms with van der Waals surface area (Å²) < 4.78 is 19.5. The van der Waals surface area contributed by atoms with Crippen LogP contribution >= 0.6 is 23.4 Å². The molecule has 12 heteroatoms. The predicted octanol–water partition coefficient (Wildman–Crippen LogP) is 5.53. The highest BCUT2D eigenvalue weighted by atomic mass is 35.5. The van der Waals surface area contributed by atoms with Crippen molar-refractivity contribution >= 4 is 35.0 Å². The minimum atomic E-state index is -0.459. The number of aromatic amines is 1. The molecule has 5 rings (SSSR count). The van der Waals surface area contributed by atoms with Crippen molar-refractivity contribution in [3.05, 3.63) is 84.0 Å². The normalized spacial score (nSPS) is 10.8. The minimum Gasteiger partial charge on any atom is -0.452 e. The van der Waals surface area contributed by atoms with Crippen LogP contribution in [0, 0.1) is 5.82 Å². The molecule has 0 aliphatic heterocycles. The molecule has 0 saturated carbocycles. The van der Waals surface area contributed by atoms with Gasteiger partial charge in [0.25, 0.3) is 0 Å². The van der Waals surface area contributed by atoms with E-state index in [-0.39, 0.29) is 10.8 Å². The highest BCUT2D eigenvalue weighted by molar-refractivity contribution is 7.99. The van der Waals surface area contributed by atoms with Gasteiger partial charge in [-0.3, -0.25) is 0 Å². The first kappa shape index (κ1) is 21.7. The summed E-state index contributed by atoms with van der Waals surface area (Å²) in [5.41, 5.74) is 0.722. The van der Waals surface area contributed by atoms with Crippen molar-refractivity contribution in [2.75, 3.05) is 5.32 Å². The Kier molecular flexibility index (Phi) is 6.27. The standard InChI is InChI=1S/C22H14ClFN8OS/c23-16-9-14(24)5-6-17(16)33-18-10-15(34-20-3-1-2-8-25-20)12-27-22(18)28-19-7-4-13(11-26-19)21-29-31-32-30-21/h1-12H,(H,26,27,28)(H,29,30,31,32). The summed E-state index contributed by atoms with van der Waals surface area (Å²) in [6.45, 7) is 0. The Hall–Kier alpha value is -4.09. The predicted molar refractivity (Wildman–Crippen MR) is 125 cm³/mol. The largest absolute Gasteiger partial charge is 0.452 e. The van der Waals surface area contributed by atoms with Crippen LogP contribution in [0.1, 0.15) is 0 Å². The molecule has 0 spiro atoms. The number of benzene rings is 1. The van der Waals surface area contributed by atoms with Crippen molar-refractivity contribution in [2.24, 2.45) is 0 Å². The van der Waals surface area contributed by atoms with Crippen molar-refractivity contribution in [3.8, 4) is 22.9 Å². The number of nitrogens with one attached hydrogen (secondary N) is 2. The molecule has 168 valence electrons. The fraction of sp³-hybridized carbons (Fsp3) is 0. The smallest absolute Gasteiger partial charge is 0.180 e. The van der Waals surface area contributed by atoms with Gasteiger partial charge in [-0.1, -0.05) is 29.4 Å². The zero-order valence-corrected chi connectivity index (χ0v) is 18.8. The molecule has 0 bridgehead atoms. The maximum atomic E-state index is 13.5. The highest BCUT2D eigenvalue weighted by Gasteiger charge is 2.14. The van der Waals surface area contributed by atoms with E-state index >= 15 is 0 Å². The fourth-order valence-corrected chi connectivity index (χ4v) is 3.85. The zero-order valence-electron chi connectivity index (χ0n) is 17.2. The fourth-order valence-electron chi connectivity index (χ4n) is 2.87. The van der Waals surface area contributed by atoms with Gasteiger partial charge in [-0.05, 0) is 52.9 Å². The number of H-pyrrole nitrogens is 1. The molecular formula is C22H14ClFN8OS. The maximum absolute atomic E-state index is 13.5. The minimum absolute atomic E-state index is 0.136. The van der Waals surface area contributed by atoms with E-state index in [9.17, 15) is 4.39 Å². The van der Waals surface area contributed by atoms with Crippen molar-refractivity contribution in [1.82, 2.24) is 35.6 Å². The molecule has 2 N–H and O–H groups in total. The number of aromatic nitrogens is 7. The second-order valence-electron chi connectivity index (χ2n) is 6.77. The molecule has 1 aromatic carbocycles. The molecule has 4 aromatic heterocycles. The van der Waals surface area contributed by atoms with E-state index in [4.69, 9.17) is 16.3 Å². The maximum Gasteiger partial charge on any atom is 0.180 e. The van der Waals surface area contributed by atoms with Crippen LogP contribution in [0.25, 0.3) is 11.4 Å². The number of ether oxygens (including phenoxy) is 1. The van der Waals surface area contributed by atoms with E-state index in [1.165, 1.54) is 30.0 Å². The van der Waals surface area contributed by atoms with Gasteiger partial charge in [-0.15, -0.1) is 5.10 Å². The van der Waals surface area contributed by atoms with E-state index in [0.29, 0.717) is 23.2 Å². The average molecular weight is 493 g/mol. The second-order valence-corrected chi connectivity index (χ2v) is 8.27. The van der Waals surface area contributed by atoms with E-state index in [0.717, 1.165) is 15.5 Å². The summed E-state index contributed by atoms with van der Waals surface area (Å²) in [5, 5.41) is 17.7. The van der Waals surface area contributed by atoms with Crippen molar-refractivity contribution in [3.63, 3.8) is 0 Å². The van der Waals surface area contributed by atoms with Crippen LogP contribution in [0.15, 0.2) is 83.1 Å². The number of pyridine rings is 3. The number of hydrogen-bond donors (Lipinski definition) is 2. The Labute approximate surface area is 201 Å². The van der Waals surface area contributed by atoms with E-state index in [2.05, 4.69) is 40.9 Å². The molecule has 0 unspecified atom stereocenters. The lowest BCUT2D eigenvalue weighted by Crippen LogP contribution is -2.00. The van der Waals surface area contributed by atoms with Gasteiger partial charge in [0.2, 0.25) is 0 Å². The quantitative estimate of drug-likeness (QED) is 0.302. The first-order valence-corrected chi connectivity index (χ1v) is 11.0. The third kappa shape index (κ3) is 5.11. The average Bonchev–Trinajstić information content (AvgIpc) is 3.39. The molecule has 9 nitrogen and oxygen atoms in total. The third-order valence-corrected chi connectivity index (χ3v) is 5.64. The van der Waals surface area contributed by atoms with Crippen molar-refractivity contribution < 1.29 is 9.13 Å². The summed E-state index contributed by atoms with van der Waals surface area (Å²) in [7, 11) is 0. The molecular weight excluding hydrogens is 479 g/mol. The van der Waals surface area contributed by atoms with Gasteiger partial charge in [0.1, 0.15) is 22.4 Å². The summed E-state index contributed by atoms with van der Waals surface area (Å²) in [4.78, 5) is 14.0. The number of anilines is 2. The van der Waals surface area contributed by atoms with Crippen molar-refractivity contribution in [1.29, 1.82) is 0 Å². The molecule has 0 amide bonds. The van der Waals surface area contributed by atoms with Gasteiger partial charge < -0.3 is 10.1 Å².